The molecule has 0 radical (unpaired) electrons. The number of aliphatic hydroxyl groups excluding tert-OH is 1. The first-order chi connectivity index (χ1) is 7.67. The third-order valence-corrected chi connectivity index (χ3v) is 2.65. The number of anilines is 2. The van der Waals surface area contributed by atoms with Crippen LogP contribution in [0.3, 0.4) is 0 Å². The minimum absolute atomic E-state index is 0.240. The molecule has 1 unspecified atom stereocenters. The Kier molecular flexibility index (Phi) is 5.11. The first-order valence-electron chi connectivity index (χ1n) is 5.81. The van der Waals surface area contributed by atoms with Crippen LogP contribution in [0.2, 0.25) is 0 Å². The van der Waals surface area contributed by atoms with Crippen molar-refractivity contribution in [1.82, 2.24) is 9.78 Å². The van der Waals surface area contributed by atoms with Crippen LogP contribution in [0.4, 0.5) is 11.5 Å². The highest BCUT2D eigenvalue weighted by atomic mass is 16.3. The summed E-state index contributed by atoms with van der Waals surface area (Å²) >= 11 is 0. The van der Waals surface area contributed by atoms with E-state index in [0.29, 0.717) is 11.6 Å². The molecule has 0 amide bonds. The topological polar surface area (TPSA) is 76.1 Å². The van der Waals surface area contributed by atoms with Gasteiger partial charge in [-0.05, 0) is 18.8 Å². The number of nitrogens with zero attached hydrogens (tertiary/aromatic N) is 2. The molecule has 1 aromatic rings. The number of aryl methyl sites for hydroxylation is 1. The van der Waals surface area contributed by atoms with Gasteiger partial charge >= 0.3 is 0 Å². The smallest absolute Gasteiger partial charge is 0.171 e. The zero-order chi connectivity index (χ0) is 12.0. The molecule has 1 aromatic heterocycles. The Morgan fingerprint density at radius 3 is 2.81 bits per heavy atom. The van der Waals surface area contributed by atoms with Gasteiger partial charge in [0.05, 0.1) is 5.69 Å². The van der Waals surface area contributed by atoms with E-state index >= 15 is 0 Å². The third-order valence-electron chi connectivity index (χ3n) is 2.65. The van der Waals surface area contributed by atoms with Crippen LogP contribution in [0.15, 0.2) is 6.20 Å². The van der Waals surface area contributed by atoms with E-state index in [2.05, 4.69) is 17.3 Å². The Labute approximate surface area is 96.6 Å². The van der Waals surface area contributed by atoms with Crippen LogP contribution >= 0.6 is 0 Å². The second-order valence-corrected chi connectivity index (χ2v) is 4.15. The normalized spacial score (nSPS) is 12.7. The fourth-order valence-electron chi connectivity index (χ4n) is 1.82. The number of rotatable bonds is 7. The molecule has 1 rings (SSSR count). The molecule has 0 fully saturated rings. The van der Waals surface area contributed by atoms with Crippen LogP contribution in [-0.4, -0.2) is 28.0 Å². The SMILES string of the molecule is CCCC(CCO)CNc1nn(C)cc1N. The van der Waals surface area contributed by atoms with Crippen molar-refractivity contribution < 1.29 is 5.11 Å². The summed E-state index contributed by atoms with van der Waals surface area (Å²) in [6.45, 7) is 3.21. The van der Waals surface area contributed by atoms with E-state index in [1.54, 1.807) is 10.9 Å². The molecule has 5 heteroatoms. The number of nitrogen functional groups attached to an aromatic ring is 1. The average molecular weight is 226 g/mol. The van der Waals surface area contributed by atoms with Crippen LogP contribution in [0.25, 0.3) is 0 Å². The molecule has 0 saturated carbocycles. The Balaban J connectivity index is 2.44. The maximum absolute atomic E-state index is 8.95. The van der Waals surface area contributed by atoms with Crippen molar-refractivity contribution in [3.05, 3.63) is 6.20 Å². The Hall–Kier alpha value is -1.23. The summed E-state index contributed by atoms with van der Waals surface area (Å²) in [5, 5.41) is 16.4. The van der Waals surface area contributed by atoms with Crippen LogP contribution in [0, 0.1) is 5.92 Å². The van der Waals surface area contributed by atoms with Gasteiger partial charge < -0.3 is 16.2 Å². The first kappa shape index (κ1) is 12.8. The second kappa shape index (κ2) is 6.37. The lowest BCUT2D eigenvalue weighted by Gasteiger charge is -2.15. The lowest BCUT2D eigenvalue weighted by molar-refractivity contribution is 0.255. The number of nitrogens with two attached hydrogens (primary N) is 1. The molecule has 92 valence electrons. The molecule has 1 atom stereocenters. The zero-order valence-electron chi connectivity index (χ0n) is 10.1. The fraction of sp³-hybridized carbons (Fsp3) is 0.727. The van der Waals surface area contributed by atoms with Crippen molar-refractivity contribution in [2.24, 2.45) is 13.0 Å². The highest BCUT2D eigenvalue weighted by Crippen LogP contribution is 2.17. The lowest BCUT2D eigenvalue weighted by atomic mass is 10.0. The molecule has 4 N–H and O–H groups in total. The first-order valence-corrected chi connectivity index (χ1v) is 5.81. The zero-order valence-corrected chi connectivity index (χ0v) is 10.1. The Morgan fingerprint density at radius 1 is 1.56 bits per heavy atom. The molecule has 0 saturated heterocycles. The van der Waals surface area contributed by atoms with Gasteiger partial charge in [0.2, 0.25) is 0 Å². The maximum atomic E-state index is 8.95. The molecular weight excluding hydrogens is 204 g/mol. The molecule has 5 nitrogen and oxygen atoms in total. The van der Waals surface area contributed by atoms with E-state index in [0.717, 1.165) is 31.6 Å². The summed E-state index contributed by atoms with van der Waals surface area (Å²) in [5.41, 5.74) is 6.45. The standard InChI is InChI=1S/C11H22N4O/c1-3-4-9(5-6-16)7-13-11-10(12)8-15(2)14-11/h8-9,16H,3-7,12H2,1-2H3,(H,13,14). The van der Waals surface area contributed by atoms with Crippen LogP contribution in [0.5, 0.6) is 0 Å². The van der Waals surface area contributed by atoms with Gasteiger partial charge in [-0.2, -0.15) is 5.10 Å². The highest BCUT2D eigenvalue weighted by Gasteiger charge is 2.09. The summed E-state index contributed by atoms with van der Waals surface area (Å²) in [5.74, 6) is 1.22. The number of nitrogens with one attached hydrogen (secondary N) is 1. The van der Waals surface area contributed by atoms with Gasteiger partial charge in [-0.1, -0.05) is 13.3 Å². The molecule has 16 heavy (non-hydrogen) atoms. The van der Waals surface area contributed by atoms with Crippen LogP contribution in [-0.2, 0) is 7.05 Å². The van der Waals surface area contributed by atoms with E-state index in [4.69, 9.17) is 10.8 Å². The van der Waals surface area contributed by atoms with Crippen LogP contribution in [0.1, 0.15) is 26.2 Å². The fourth-order valence-corrected chi connectivity index (χ4v) is 1.82. The third kappa shape index (κ3) is 3.73. The number of aromatic nitrogens is 2. The summed E-state index contributed by atoms with van der Waals surface area (Å²) in [6, 6.07) is 0. The van der Waals surface area contributed by atoms with Gasteiger partial charge in [-0.3, -0.25) is 4.68 Å². The number of aliphatic hydroxyl groups is 1. The number of hydrogen-bond acceptors (Lipinski definition) is 4. The summed E-state index contributed by atoms with van der Waals surface area (Å²) < 4.78 is 1.69. The second-order valence-electron chi connectivity index (χ2n) is 4.15. The van der Waals surface area contributed by atoms with Gasteiger partial charge in [0.1, 0.15) is 0 Å². The van der Waals surface area contributed by atoms with Gasteiger partial charge in [0.25, 0.3) is 0 Å². The van der Waals surface area contributed by atoms with Crippen molar-refractivity contribution in [2.45, 2.75) is 26.2 Å². The van der Waals surface area contributed by atoms with E-state index in [9.17, 15) is 0 Å². The Bertz CT molecular complexity index is 305. The molecule has 0 spiro atoms. The predicted molar refractivity (Wildman–Crippen MR) is 66.2 cm³/mol. The van der Waals surface area contributed by atoms with E-state index in [1.807, 2.05) is 7.05 Å². The van der Waals surface area contributed by atoms with Crippen molar-refractivity contribution in [2.75, 3.05) is 24.2 Å². The molecule has 0 aliphatic heterocycles. The van der Waals surface area contributed by atoms with Gasteiger partial charge in [-0.25, -0.2) is 0 Å². The van der Waals surface area contributed by atoms with Crippen molar-refractivity contribution >= 4 is 11.5 Å². The Morgan fingerprint density at radius 2 is 2.31 bits per heavy atom. The van der Waals surface area contributed by atoms with Crippen LogP contribution < -0.4 is 11.1 Å². The lowest BCUT2D eigenvalue weighted by Crippen LogP contribution is -2.16. The van der Waals surface area contributed by atoms with E-state index in [-0.39, 0.29) is 6.61 Å². The van der Waals surface area contributed by atoms with Crippen molar-refractivity contribution in [3.63, 3.8) is 0 Å². The minimum atomic E-state index is 0.240. The van der Waals surface area contributed by atoms with Crippen molar-refractivity contribution in [3.8, 4) is 0 Å². The van der Waals surface area contributed by atoms with Gasteiger partial charge in [-0.15, -0.1) is 0 Å². The van der Waals surface area contributed by atoms with Crippen molar-refractivity contribution in [1.29, 1.82) is 0 Å². The molecule has 0 bridgehead atoms. The average Bonchev–Trinajstić information content (AvgIpc) is 2.54. The monoisotopic (exact) mass is 226 g/mol. The maximum Gasteiger partial charge on any atom is 0.171 e. The van der Waals surface area contributed by atoms with Gasteiger partial charge in [0, 0.05) is 26.4 Å². The predicted octanol–water partition coefficient (Wildman–Crippen LogP) is 1.21. The summed E-state index contributed by atoms with van der Waals surface area (Å²) in [7, 11) is 1.85. The van der Waals surface area contributed by atoms with E-state index < -0.39 is 0 Å². The largest absolute Gasteiger partial charge is 0.396 e. The molecule has 0 aromatic carbocycles. The molecule has 0 aliphatic rings. The summed E-state index contributed by atoms with van der Waals surface area (Å²) in [6.07, 6.45) is 4.85. The molecule has 1 heterocycles. The molecule has 0 aliphatic carbocycles. The van der Waals surface area contributed by atoms with Gasteiger partial charge in [0.15, 0.2) is 5.82 Å². The summed E-state index contributed by atoms with van der Waals surface area (Å²) in [4.78, 5) is 0. The highest BCUT2D eigenvalue weighted by molar-refractivity contribution is 5.59. The molecular formula is C11H22N4O. The number of hydrogen-bond donors (Lipinski definition) is 3. The van der Waals surface area contributed by atoms with E-state index in [1.165, 1.54) is 0 Å². The minimum Gasteiger partial charge on any atom is -0.396 e. The quantitative estimate of drug-likeness (QED) is 0.653.